The Morgan fingerprint density at radius 3 is 2.31 bits per heavy atom. The zero-order chi connectivity index (χ0) is 27.5. The first kappa shape index (κ1) is 29.7. The van der Waals surface area contributed by atoms with Gasteiger partial charge in [-0.25, -0.2) is 8.78 Å². The number of hydrogen-bond donors (Lipinski definition) is 0. The Bertz CT molecular complexity index is 1010. The zero-order valence-corrected chi connectivity index (χ0v) is 23.4. The van der Waals surface area contributed by atoms with Crippen molar-refractivity contribution in [3.8, 4) is 11.6 Å². The number of pyridine rings is 1. The topological polar surface area (TPSA) is 40.6 Å². The summed E-state index contributed by atoms with van der Waals surface area (Å²) in [6, 6.07) is 8.33. The summed E-state index contributed by atoms with van der Waals surface area (Å²) in [6.45, 7) is 4.49. The Balaban J connectivity index is 1.25. The number of halogens is 3. The fraction of sp³-hybridized carbons (Fsp3) is 0.656. The van der Waals surface area contributed by atoms with E-state index in [0.717, 1.165) is 51.0 Å². The van der Waals surface area contributed by atoms with Gasteiger partial charge in [-0.3, -0.25) is 0 Å². The third kappa shape index (κ3) is 8.86. The molecule has 0 aliphatic heterocycles. The average Bonchev–Trinajstić information content (AvgIpc) is 3.74. The van der Waals surface area contributed by atoms with Crippen LogP contribution in [-0.2, 0) is 17.1 Å². The molecule has 0 saturated heterocycles. The summed E-state index contributed by atoms with van der Waals surface area (Å²) >= 11 is 0. The van der Waals surface area contributed by atoms with Gasteiger partial charge in [0.1, 0.15) is 5.75 Å². The quantitative estimate of drug-likeness (QED) is 0.138. The minimum Gasteiger partial charge on any atom is -0.494 e. The van der Waals surface area contributed by atoms with E-state index in [4.69, 9.17) is 14.2 Å². The van der Waals surface area contributed by atoms with Crippen molar-refractivity contribution in [1.82, 2.24) is 4.98 Å². The lowest BCUT2D eigenvalue weighted by atomic mass is 9.77. The van der Waals surface area contributed by atoms with E-state index >= 15 is 8.78 Å². The van der Waals surface area contributed by atoms with Gasteiger partial charge in [0.2, 0.25) is 11.8 Å². The van der Waals surface area contributed by atoms with Crippen LogP contribution in [0.1, 0.15) is 107 Å². The molecule has 2 aliphatic rings. The lowest BCUT2D eigenvalue weighted by Gasteiger charge is -2.33. The van der Waals surface area contributed by atoms with Crippen LogP contribution in [0.15, 0.2) is 30.3 Å². The largest absolute Gasteiger partial charge is 0.494 e. The Morgan fingerprint density at radius 1 is 0.846 bits per heavy atom. The van der Waals surface area contributed by atoms with E-state index in [0.29, 0.717) is 37.6 Å². The maximum Gasteiger partial charge on any atom is 0.284 e. The van der Waals surface area contributed by atoms with Crippen molar-refractivity contribution in [3.63, 3.8) is 0 Å². The molecule has 7 heteroatoms. The first-order valence-electron chi connectivity index (χ1n) is 15.0. The Labute approximate surface area is 231 Å². The van der Waals surface area contributed by atoms with Crippen molar-refractivity contribution in [3.05, 3.63) is 53.0 Å². The fourth-order valence-electron chi connectivity index (χ4n) is 5.31. The Hall–Kier alpha value is -2.28. The van der Waals surface area contributed by atoms with Gasteiger partial charge in [0, 0.05) is 19.3 Å². The number of aromatic nitrogens is 1. The van der Waals surface area contributed by atoms with E-state index < -0.39 is 23.4 Å². The highest BCUT2D eigenvalue weighted by atomic mass is 19.3. The monoisotopic (exact) mass is 547 g/mol. The molecule has 1 aromatic carbocycles. The molecule has 0 N–H and O–H groups in total. The van der Waals surface area contributed by atoms with Crippen LogP contribution in [0.3, 0.4) is 0 Å². The van der Waals surface area contributed by atoms with Gasteiger partial charge in [-0.2, -0.15) is 9.37 Å². The predicted octanol–water partition coefficient (Wildman–Crippen LogP) is 8.76. The molecule has 0 radical (unpaired) electrons. The molecule has 0 spiro atoms. The smallest absolute Gasteiger partial charge is 0.284 e. The van der Waals surface area contributed by atoms with Crippen molar-refractivity contribution in [2.45, 2.75) is 102 Å². The van der Waals surface area contributed by atoms with Crippen LogP contribution >= 0.6 is 0 Å². The van der Waals surface area contributed by atoms with Crippen LogP contribution < -0.4 is 9.47 Å². The lowest BCUT2D eigenvalue weighted by Crippen LogP contribution is -2.32. The van der Waals surface area contributed by atoms with Crippen LogP contribution in [0, 0.1) is 11.9 Å². The summed E-state index contributed by atoms with van der Waals surface area (Å²) in [6.07, 6.45) is 13.1. The van der Waals surface area contributed by atoms with Crippen molar-refractivity contribution < 1.29 is 27.4 Å². The second-order valence-electron chi connectivity index (χ2n) is 11.1. The van der Waals surface area contributed by atoms with E-state index in [1.54, 1.807) is 24.3 Å². The minimum atomic E-state index is -3.36. The SMILES string of the molecule is CCCCOCCCCOc1cc2c(c(F)n1)C(F)(F)C(c1ccc(OCCCCCCC3CC3)cc1)CC2. The van der Waals surface area contributed by atoms with E-state index in [-0.39, 0.29) is 17.9 Å². The molecular formula is C32H44F3NO3. The molecule has 0 amide bonds. The van der Waals surface area contributed by atoms with Gasteiger partial charge >= 0.3 is 0 Å². The molecule has 1 saturated carbocycles. The predicted molar refractivity (Wildman–Crippen MR) is 147 cm³/mol. The Morgan fingerprint density at radius 2 is 1.54 bits per heavy atom. The normalized spacial score (nSPS) is 18.1. The number of benzene rings is 1. The summed E-state index contributed by atoms with van der Waals surface area (Å²) in [5.41, 5.74) is 0.162. The molecule has 39 heavy (non-hydrogen) atoms. The Kier molecular flexibility index (Phi) is 11.4. The van der Waals surface area contributed by atoms with Gasteiger partial charge in [-0.1, -0.05) is 64.0 Å². The van der Waals surface area contributed by atoms with Gasteiger partial charge in [-0.15, -0.1) is 0 Å². The first-order valence-corrected chi connectivity index (χ1v) is 15.0. The van der Waals surface area contributed by atoms with Gasteiger partial charge in [0.25, 0.3) is 5.92 Å². The van der Waals surface area contributed by atoms with E-state index in [1.807, 2.05) is 0 Å². The number of unbranched alkanes of at least 4 members (excludes halogenated alkanes) is 5. The highest BCUT2D eigenvalue weighted by Gasteiger charge is 2.49. The lowest BCUT2D eigenvalue weighted by molar-refractivity contribution is -0.0475. The van der Waals surface area contributed by atoms with Crippen molar-refractivity contribution in [2.75, 3.05) is 26.4 Å². The summed E-state index contributed by atoms with van der Waals surface area (Å²) < 4.78 is 62.9. The van der Waals surface area contributed by atoms with E-state index in [2.05, 4.69) is 11.9 Å². The maximum absolute atomic E-state index is 15.6. The van der Waals surface area contributed by atoms with Gasteiger partial charge in [-0.05, 0) is 67.7 Å². The minimum absolute atomic E-state index is 0.0665. The van der Waals surface area contributed by atoms with Crippen LogP contribution in [0.25, 0.3) is 0 Å². The van der Waals surface area contributed by atoms with Crippen LogP contribution in [0.4, 0.5) is 13.2 Å². The van der Waals surface area contributed by atoms with Crippen molar-refractivity contribution in [2.24, 2.45) is 5.92 Å². The molecule has 216 valence electrons. The number of nitrogens with zero attached hydrogens (tertiary/aromatic N) is 1. The van der Waals surface area contributed by atoms with Crippen LogP contribution in [0.5, 0.6) is 11.6 Å². The molecule has 2 aromatic rings. The third-order valence-electron chi connectivity index (χ3n) is 7.84. The highest BCUT2D eigenvalue weighted by molar-refractivity contribution is 5.41. The summed E-state index contributed by atoms with van der Waals surface area (Å²) in [5, 5.41) is 0. The molecule has 4 nitrogen and oxygen atoms in total. The van der Waals surface area contributed by atoms with Gasteiger partial charge in [0.05, 0.1) is 24.7 Å². The number of hydrogen-bond acceptors (Lipinski definition) is 4. The molecule has 1 fully saturated rings. The van der Waals surface area contributed by atoms with E-state index in [9.17, 15) is 4.39 Å². The van der Waals surface area contributed by atoms with Crippen LogP contribution in [-0.4, -0.2) is 31.4 Å². The number of ether oxygens (including phenoxy) is 3. The van der Waals surface area contributed by atoms with Gasteiger partial charge in [0.15, 0.2) is 0 Å². The average molecular weight is 548 g/mol. The maximum atomic E-state index is 15.6. The molecule has 1 atom stereocenters. The highest BCUT2D eigenvalue weighted by Crippen LogP contribution is 2.50. The summed E-state index contributed by atoms with van der Waals surface area (Å²) in [5.74, 6) is -3.87. The number of alkyl halides is 2. The van der Waals surface area contributed by atoms with Crippen LogP contribution in [0.2, 0.25) is 0 Å². The summed E-state index contributed by atoms with van der Waals surface area (Å²) in [4.78, 5) is 3.73. The van der Waals surface area contributed by atoms with Crippen molar-refractivity contribution >= 4 is 0 Å². The molecule has 0 bridgehead atoms. The molecule has 4 rings (SSSR count). The number of aryl methyl sites for hydroxylation is 1. The molecule has 2 aliphatic carbocycles. The fourth-order valence-corrected chi connectivity index (χ4v) is 5.31. The van der Waals surface area contributed by atoms with E-state index in [1.165, 1.54) is 38.2 Å². The first-order chi connectivity index (χ1) is 19.0. The second kappa shape index (κ2) is 14.9. The second-order valence-corrected chi connectivity index (χ2v) is 11.1. The third-order valence-corrected chi connectivity index (χ3v) is 7.84. The van der Waals surface area contributed by atoms with Gasteiger partial charge < -0.3 is 14.2 Å². The number of rotatable bonds is 18. The molecular weight excluding hydrogens is 503 g/mol. The molecule has 1 unspecified atom stereocenters. The number of fused-ring (bicyclic) bond motifs is 1. The van der Waals surface area contributed by atoms with Crippen molar-refractivity contribution in [1.29, 1.82) is 0 Å². The standard InChI is InChI=1S/C32H44F3NO3/c1-2-3-19-37-20-8-9-22-39-29-23-26-15-18-28(32(34,35)30(26)31(33)36-29)25-13-16-27(17-14-25)38-21-7-5-4-6-10-24-11-12-24/h13-14,16-17,23-24,28H,2-12,15,18-22H2,1H3. The molecule has 1 heterocycles. The zero-order valence-electron chi connectivity index (χ0n) is 23.4. The molecule has 1 aromatic heterocycles. The summed E-state index contributed by atoms with van der Waals surface area (Å²) in [7, 11) is 0.